The maximum Gasteiger partial charge on any atom is 0.0851 e. The summed E-state index contributed by atoms with van der Waals surface area (Å²) in [4.78, 5) is 0. The molecule has 0 aromatic heterocycles. The quantitative estimate of drug-likeness (QED) is 0.461. The fraction of sp³-hybridized carbons (Fsp3) is 1.00. The topological polar surface area (TPSA) is 60.7 Å². The summed E-state index contributed by atoms with van der Waals surface area (Å²) in [6.07, 6.45) is -0.643. The van der Waals surface area contributed by atoms with Gasteiger partial charge < -0.3 is 15.3 Å². The summed E-state index contributed by atoms with van der Waals surface area (Å²) in [6.45, 7) is 1.85. The van der Waals surface area contributed by atoms with E-state index in [0.717, 1.165) is 6.42 Å². The first-order valence-electron chi connectivity index (χ1n) is 3.63. The predicted octanol–water partition coefficient (Wildman–Crippen LogP) is -0.643. The Morgan fingerprint density at radius 2 is 1.90 bits per heavy atom. The van der Waals surface area contributed by atoms with E-state index in [4.69, 9.17) is 5.11 Å². The van der Waals surface area contributed by atoms with Crippen LogP contribution >= 0.6 is 0 Å². The minimum atomic E-state index is -0.722. The summed E-state index contributed by atoms with van der Waals surface area (Å²) in [5.74, 6) is -0.00264. The Labute approximate surface area is 60.3 Å². The van der Waals surface area contributed by atoms with E-state index in [-0.39, 0.29) is 18.4 Å². The highest BCUT2D eigenvalue weighted by molar-refractivity contribution is 4.88. The SMILES string of the molecule is CC1CC(CO)C(O)C1O. The highest BCUT2D eigenvalue weighted by Crippen LogP contribution is 2.30. The molecule has 3 heteroatoms. The summed E-state index contributed by atoms with van der Waals surface area (Å²) in [6, 6.07) is 0. The van der Waals surface area contributed by atoms with Crippen molar-refractivity contribution in [3.8, 4) is 0 Å². The molecule has 0 aromatic carbocycles. The maximum absolute atomic E-state index is 9.22. The van der Waals surface area contributed by atoms with Gasteiger partial charge in [0.15, 0.2) is 0 Å². The van der Waals surface area contributed by atoms with Gasteiger partial charge in [-0.3, -0.25) is 0 Å². The monoisotopic (exact) mass is 146 g/mol. The molecule has 1 aliphatic carbocycles. The second-order valence-corrected chi connectivity index (χ2v) is 3.14. The van der Waals surface area contributed by atoms with Crippen LogP contribution < -0.4 is 0 Å². The van der Waals surface area contributed by atoms with Crippen molar-refractivity contribution in [1.29, 1.82) is 0 Å². The van der Waals surface area contributed by atoms with Crippen molar-refractivity contribution in [2.75, 3.05) is 6.61 Å². The van der Waals surface area contributed by atoms with Gasteiger partial charge in [0, 0.05) is 12.5 Å². The van der Waals surface area contributed by atoms with Crippen molar-refractivity contribution >= 4 is 0 Å². The van der Waals surface area contributed by atoms with Gasteiger partial charge in [-0.1, -0.05) is 6.92 Å². The molecule has 3 nitrogen and oxygen atoms in total. The lowest BCUT2D eigenvalue weighted by Gasteiger charge is -2.13. The third-order valence-electron chi connectivity index (χ3n) is 2.32. The molecule has 0 bridgehead atoms. The van der Waals surface area contributed by atoms with Crippen molar-refractivity contribution in [2.45, 2.75) is 25.6 Å². The van der Waals surface area contributed by atoms with Gasteiger partial charge >= 0.3 is 0 Å². The lowest BCUT2D eigenvalue weighted by molar-refractivity contribution is -0.00366. The van der Waals surface area contributed by atoms with Gasteiger partial charge in [0.2, 0.25) is 0 Å². The summed E-state index contributed by atoms with van der Waals surface area (Å²) >= 11 is 0. The van der Waals surface area contributed by atoms with Gasteiger partial charge in [0.05, 0.1) is 12.2 Å². The van der Waals surface area contributed by atoms with E-state index in [1.54, 1.807) is 0 Å². The van der Waals surface area contributed by atoms with Gasteiger partial charge in [0.25, 0.3) is 0 Å². The molecular weight excluding hydrogens is 132 g/mol. The largest absolute Gasteiger partial charge is 0.396 e. The molecule has 0 amide bonds. The number of aliphatic hydroxyl groups excluding tert-OH is 3. The van der Waals surface area contributed by atoms with Gasteiger partial charge in [-0.15, -0.1) is 0 Å². The zero-order chi connectivity index (χ0) is 7.72. The summed E-state index contributed by atoms with van der Waals surface area (Å²) in [5.41, 5.74) is 0. The highest BCUT2D eigenvalue weighted by atomic mass is 16.3. The van der Waals surface area contributed by atoms with Crippen LogP contribution in [0.1, 0.15) is 13.3 Å². The van der Waals surface area contributed by atoms with Crippen molar-refractivity contribution in [2.24, 2.45) is 11.8 Å². The van der Waals surface area contributed by atoms with Gasteiger partial charge in [-0.25, -0.2) is 0 Å². The summed E-state index contributed by atoms with van der Waals surface area (Å²) < 4.78 is 0. The van der Waals surface area contributed by atoms with Crippen molar-refractivity contribution in [3.05, 3.63) is 0 Å². The minimum Gasteiger partial charge on any atom is -0.396 e. The smallest absolute Gasteiger partial charge is 0.0851 e. The van der Waals surface area contributed by atoms with Crippen LogP contribution in [0.4, 0.5) is 0 Å². The Kier molecular flexibility index (Phi) is 2.28. The standard InChI is InChI=1S/C7H14O3/c1-4-2-5(3-8)7(10)6(4)9/h4-10H,2-3H2,1H3. The lowest BCUT2D eigenvalue weighted by atomic mass is 10.1. The van der Waals surface area contributed by atoms with E-state index in [1.165, 1.54) is 0 Å². The molecule has 4 unspecified atom stereocenters. The molecule has 0 saturated heterocycles. The van der Waals surface area contributed by atoms with Crippen LogP contribution in [-0.4, -0.2) is 34.1 Å². The molecule has 60 valence electrons. The number of hydrogen-bond donors (Lipinski definition) is 3. The molecule has 10 heavy (non-hydrogen) atoms. The lowest BCUT2D eigenvalue weighted by Crippen LogP contribution is -2.28. The van der Waals surface area contributed by atoms with E-state index < -0.39 is 12.2 Å². The van der Waals surface area contributed by atoms with Crippen LogP contribution in [0.2, 0.25) is 0 Å². The van der Waals surface area contributed by atoms with Crippen LogP contribution in [0.25, 0.3) is 0 Å². The molecular formula is C7H14O3. The van der Waals surface area contributed by atoms with Crippen molar-refractivity contribution in [1.82, 2.24) is 0 Å². The Balaban J connectivity index is 2.53. The number of hydrogen-bond acceptors (Lipinski definition) is 3. The van der Waals surface area contributed by atoms with E-state index in [0.29, 0.717) is 0 Å². The van der Waals surface area contributed by atoms with Gasteiger partial charge in [0.1, 0.15) is 0 Å². The first-order valence-corrected chi connectivity index (χ1v) is 3.63. The molecule has 1 fully saturated rings. The Morgan fingerprint density at radius 1 is 1.30 bits per heavy atom. The van der Waals surface area contributed by atoms with E-state index >= 15 is 0 Å². The average Bonchev–Trinajstić information content (AvgIpc) is 2.17. The highest BCUT2D eigenvalue weighted by Gasteiger charge is 2.38. The van der Waals surface area contributed by atoms with Crippen LogP contribution in [-0.2, 0) is 0 Å². The molecule has 0 aliphatic heterocycles. The van der Waals surface area contributed by atoms with E-state index in [2.05, 4.69) is 0 Å². The molecule has 4 atom stereocenters. The Morgan fingerprint density at radius 3 is 2.10 bits per heavy atom. The van der Waals surface area contributed by atoms with Crippen molar-refractivity contribution < 1.29 is 15.3 Å². The molecule has 0 aromatic rings. The molecule has 3 N–H and O–H groups in total. The third-order valence-corrected chi connectivity index (χ3v) is 2.32. The Hall–Kier alpha value is -0.120. The van der Waals surface area contributed by atoms with Crippen LogP contribution in [0.15, 0.2) is 0 Å². The average molecular weight is 146 g/mol. The van der Waals surface area contributed by atoms with Crippen LogP contribution in [0, 0.1) is 11.8 Å². The van der Waals surface area contributed by atoms with Crippen LogP contribution in [0.3, 0.4) is 0 Å². The molecule has 0 radical (unpaired) electrons. The molecule has 1 rings (SSSR count). The van der Waals surface area contributed by atoms with E-state index in [9.17, 15) is 10.2 Å². The molecule has 0 heterocycles. The number of aliphatic hydroxyl groups is 3. The minimum absolute atomic E-state index is 0.0252. The summed E-state index contributed by atoms with van der Waals surface area (Å²) in [5, 5.41) is 27.1. The van der Waals surface area contributed by atoms with E-state index in [1.807, 2.05) is 6.92 Å². The van der Waals surface area contributed by atoms with Gasteiger partial charge in [-0.2, -0.15) is 0 Å². The zero-order valence-corrected chi connectivity index (χ0v) is 6.07. The molecule has 0 spiro atoms. The third kappa shape index (κ3) is 1.17. The van der Waals surface area contributed by atoms with Gasteiger partial charge in [-0.05, 0) is 12.3 Å². The normalized spacial score (nSPS) is 48.0. The zero-order valence-electron chi connectivity index (χ0n) is 6.07. The van der Waals surface area contributed by atoms with Crippen molar-refractivity contribution in [3.63, 3.8) is 0 Å². The first-order chi connectivity index (χ1) is 4.66. The Bertz CT molecular complexity index is 115. The second kappa shape index (κ2) is 2.86. The first kappa shape index (κ1) is 7.98. The maximum atomic E-state index is 9.22. The molecule has 1 aliphatic rings. The summed E-state index contributed by atoms with van der Waals surface area (Å²) in [7, 11) is 0. The fourth-order valence-corrected chi connectivity index (χ4v) is 1.55. The van der Waals surface area contributed by atoms with Crippen LogP contribution in [0.5, 0.6) is 0 Å². The number of rotatable bonds is 1. The molecule has 1 saturated carbocycles. The predicted molar refractivity (Wildman–Crippen MR) is 36.4 cm³/mol. The second-order valence-electron chi connectivity index (χ2n) is 3.14. The fourth-order valence-electron chi connectivity index (χ4n) is 1.55.